The summed E-state index contributed by atoms with van der Waals surface area (Å²) < 4.78 is 12.0. The van der Waals surface area contributed by atoms with Crippen molar-refractivity contribution in [2.75, 3.05) is 6.61 Å². The first kappa shape index (κ1) is 21.2. The van der Waals surface area contributed by atoms with E-state index in [-0.39, 0.29) is 24.5 Å². The number of carbonyl (C=O) groups is 1. The van der Waals surface area contributed by atoms with Crippen LogP contribution in [-0.2, 0) is 16.1 Å². The van der Waals surface area contributed by atoms with Gasteiger partial charge in [0, 0.05) is 10.0 Å². The third kappa shape index (κ3) is 5.98. The Morgan fingerprint density at radius 3 is 2.59 bits per heavy atom. The average molecular weight is 458 g/mol. The summed E-state index contributed by atoms with van der Waals surface area (Å²) in [6.07, 6.45) is 0.853. The number of nitrogens with zero attached hydrogens (tertiary/aromatic N) is 2. The number of carbonyl (C=O) groups excluding carboxylic acids is 1. The van der Waals surface area contributed by atoms with Gasteiger partial charge in [-0.25, -0.2) is 0 Å². The minimum absolute atomic E-state index is 0.0322. The summed E-state index contributed by atoms with van der Waals surface area (Å²) in [7, 11) is 0. The lowest BCUT2D eigenvalue weighted by molar-refractivity contribution is -0.127. The fourth-order valence-corrected chi connectivity index (χ4v) is 3.08. The molecular weight excluding hydrogens is 434 g/mol. The fourth-order valence-electron chi connectivity index (χ4n) is 2.81. The van der Waals surface area contributed by atoms with E-state index in [9.17, 15) is 4.79 Å². The Morgan fingerprint density at radius 2 is 1.90 bits per heavy atom. The van der Waals surface area contributed by atoms with Gasteiger partial charge in [-0.2, -0.15) is 4.98 Å². The first-order valence-corrected chi connectivity index (χ1v) is 10.4. The van der Waals surface area contributed by atoms with Gasteiger partial charge in [0.05, 0.1) is 6.61 Å². The van der Waals surface area contributed by atoms with Crippen LogP contribution in [0.5, 0.6) is 0 Å². The second-order valence-electron chi connectivity index (χ2n) is 6.87. The number of hydrogen-bond acceptors (Lipinski definition) is 5. The quantitative estimate of drug-likeness (QED) is 0.493. The van der Waals surface area contributed by atoms with Crippen molar-refractivity contribution in [2.24, 2.45) is 5.92 Å². The van der Waals surface area contributed by atoms with E-state index >= 15 is 0 Å². The van der Waals surface area contributed by atoms with Crippen LogP contribution in [0.15, 0.2) is 63.6 Å². The highest BCUT2D eigenvalue weighted by atomic mass is 79.9. The lowest BCUT2D eigenvalue weighted by Crippen LogP contribution is -2.35. The van der Waals surface area contributed by atoms with Crippen molar-refractivity contribution >= 4 is 21.8 Å². The molecule has 0 saturated carbocycles. The molecule has 0 bridgehead atoms. The molecule has 0 aliphatic heterocycles. The summed E-state index contributed by atoms with van der Waals surface area (Å²) >= 11 is 3.41. The maximum Gasteiger partial charge on any atom is 0.249 e. The third-order valence-electron chi connectivity index (χ3n) is 4.68. The van der Waals surface area contributed by atoms with Crippen LogP contribution in [0.2, 0.25) is 0 Å². The standard InChI is InChI=1S/C22H24BrN3O3/c1-3-15(2)20(24-19(27)14-28-13-16-7-5-4-6-8-16)22-25-21(26-29-22)17-9-11-18(23)12-10-17/h4-12,15,20H,3,13-14H2,1-2H3,(H,24,27)/t15-,20-/m1/s1. The lowest BCUT2D eigenvalue weighted by atomic mass is 9.99. The maximum atomic E-state index is 12.4. The molecule has 0 spiro atoms. The summed E-state index contributed by atoms with van der Waals surface area (Å²) in [5.74, 6) is 0.810. The molecule has 7 heteroatoms. The number of amides is 1. The minimum Gasteiger partial charge on any atom is -0.367 e. The zero-order chi connectivity index (χ0) is 20.6. The summed E-state index contributed by atoms with van der Waals surface area (Å²) in [5.41, 5.74) is 1.87. The van der Waals surface area contributed by atoms with E-state index in [4.69, 9.17) is 9.26 Å². The molecule has 3 rings (SSSR count). The molecule has 1 N–H and O–H groups in total. The van der Waals surface area contributed by atoms with E-state index in [2.05, 4.69) is 38.3 Å². The Balaban J connectivity index is 1.63. The lowest BCUT2D eigenvalue weighted by Gasteiger charge is -2.20. The summed E-state index contributed by atoms with van der Waals surface area (Å²) in [5, 5.41) is 7.06. The molecule has 6 nitrogen and oxygen atoms in total. The molecule has 0 unspecified atom stereocenters. The Kier molecular flexibility index (Phi) is 7.55. The molecule has 1 amide bonds. The molecule has 0 aliphatic carbocycles. The zero-order valence-electron chi connectivity index (χ0n) is 16.5. The second kappa shape index (κ2) is 10.3. The Morgan fingerprint density at radius 1 is 1.17 bits per heavy atom. The molecule has 29 heavy (non-hydrogen) atoms. The molecular formula is C22H24BrN3O3. The topological polar surface area (TPSA) is 77.2 Å². The van der Waals surface area contributed by atoms with Crippen LogP contribution in [0.1, 0.15) is 37.8 Å². The van der Waals surface area contributed by atoms with Gasteiger partial charge < -0.3 is 14.6 Å². The number of hydrogen-bond donors (Lipinski definition) is 1. The van der Waals surface area contributed by atoms with E-state index in [1.165, 1.54) is 0 Å². The van der Waals surface area contributed by atoms with Gasteiger partial charge in [-0.05, 0) is 35.7 Å². The molecule has 0 saturated heterocycles. The van der Waals surface area contributed by atoms with Crippen LogP contribution in [0.25, 0.3) is 11.4 Å². The van der Waals surface area contributed by atoms with Gasteiger partial charge in [-0.15, -0.1) is 0 Å². The molecule has 2 aromatic carbocycles. The summed E-state index contributed by atoms with van der Waals surface area (Å²) in [6.45, 7) is 4.45. The number of halogens is 1. The highest BCUT2D eigenvalue weighted by molar-refractivity contribution is 9.10. The third-order valence-corrected chi connectivity index (χ3v) is 5.21. The molecule has 0 aliphatic rings. The van der Waals surface area contributed by atoms with Gasteiger partial charge >= 0.3 is 0 Å². The molecule has 1 heterocycles. The van der Waals surface area contributed by atoms with Crippen molar-refractivity contribution in [3.63, 3.8) is 0 Å². The van der Waals surface area contributed by atoms with Gasteiger partial charge in [0.15, 0.2) is 0 Å². The summed E-state index contributed by atoms with van der Waals surface area (Å²) in [6, 6.07) is 17.0. The number of ether oxygens (including phenoxy) is 1. The monoisotopic (exact) mass is 457 g/mol. The van der Waals surface area contributed by atoms with E-state index in [1.54, 1.807) is 0 Å². The van der Waals surface area contributed by atoms with Crippen LogP contribution in [0, 0.1) is 5.92 Å². The van der Waals surface area contributed by atoms with Crippen LogP contribution < -0.4 is 5.32 Å². The van der Waals surface area contributed by atoms with Crippen molar-refractivity contribution in [1.29, 1.82) is 0 Å². The number of aromatic nitrogens is 2. The van der Waals surface area contributed by atoms with Crippen molar-refractivity contribution in [2.45, 2.75) is 32.9 Å². The number of benzene rings is 2. The highest BCUT2D eigenvalue weighted by Gasteiger charge is 2.26. The van der Waals surface area contributed by atoms with Crippen molar-refractivity contribution in [3.8, 4) is 11.4 Å². The molecule has 3 aromatic rings. The molecule has 0 radical (unpaired) electrons. The predicted molar refractivity (Wildman–Crippen MR) is 114 cm³/mol. The van der Waals surface area contributed by atoms with Gasteiger partial charge in [-0.3, -0.25) is 4.79 Å². The Hall–Kier alpha value is -2.51. The Bertz CT molecular complexity index is 913. The largest absolute Gasteiger partial charge is 0.367 e. The predicted octanol–water partition coefficient (Wildman–Crippen LogP) is 4.92. The minimum atomic E-state index is -0.371. The first-order valence-electron chi connectivity index (χ1n) is 9.57. The van der Waals surface area contributed by atoms with E-state index in [1.807, 2.05) is 61.5 Å². The number of rotatable bonds is 9. The summed E-state index contributed by atoms with van der Waals surface area (Å²) in [4.78, 5) is 16.9. The number of nitrogens with one attached hydrogen (secondary N) is 1. The van der Waals surface area contributed by atoms with Gasteiger partial charge in [-0.1, -0.05) is 71.7 Å². The fraction of sp³-hybridized carbons (Fsp3) is 0.318. The van der Waals surface area contributed by atoms with E-state index in [0.717, 1.165) is 22.0 Å². The average Bonchev–Trinajstić information content (AvgIpc) is 3.22. The van der Waals surface area contributed by atoms with Crippen LogP contribution in [0.3, 0.4) is 0 Å². The first-order chi connectivity index (χ1) is 14.1. The highest BCUT2D eigenvalue weighted by Crippen LogP contribution is 2.26. The second-order valence-corrected chi connectivity index (χ2v) is 7.79. The van der Waals surface area contributed by atoms with E-state index < -0.39 is 0 Å². The van der Waals surface area contributed by atoms with Crippen LogP contribution in [0.4, 0.5) is 0 Å². The molecule has 152 valence electrons. The normalized spacial score (nSPS) is 13.1. The van der Waals surface area contributed by atoms with E-state index in [0.29, 0.717) is 18.3 Å². The molecule has 1 aromatic heterocycles. The SMILES string of the molecule is CC[C@@H](C)[C@@H](NC(=O)COCc1ccccc1)c1nc(-c2ccc(Br)cc2)no1. The smallest absolute Gasteiger partial charge is 0.249 e. The zero-order valence-corrected chi connectivity index (χ0v) is 18.1. The van der Waals surface area contributed by atoms with Gasteiger partial charge in [0.25, 0.3) is 0 Å². The van der Waals surface area contributed by atoms with Crippen molar-refractivity contribution < 1.29 is 14.1 Å². The maximum absolute atomic E-state index is 12.4. The molecule has 2 atom stereocenters. The Labute approximate surface area is 178 Å². The van der Waals surface area contributed by atoms with Crippen molar-refractivity contribution in [3.05, 3.63) is 70.5 Å². The van der Waals surface area contributed by atoms with Crippen LogP contribution >= 0.6 is 15.9 Å². The van der Waals surface area contributed by atoms with Gasteiger partial charge in [0.1, 0.15) is 12.6 Å². The van der Waals surface area contributed by atoms with Crippen LogP contribution in [-0.4, -0.2) is 22.7 Å². The molecule has 0 fully saturated rings. The van der Waals surface area contributed by atoms with Gasteiger partial charge in [0.2, 0.25) is 17.6 Å². The van der Waals surface area contributed by atoms with Crippen molar-refractivity contribution in [1.82, 2.24) is 15.5 Å².